The highest BCUT2D eigenvalue weighted by Crippen LogP contribution is 2.19. The van der Waals surface area contributed by atoms with Crippen LogP contribution in [0, 0.1) is 0 Å². The quantitative estimate of drug-likeness (QED) is 0.748. The van der Waals surface area contributed by atoms with Crippen molar-refractivity contribution < 1.29 is 10.2 Å². The SMILES string of the molecule is CN(CCCCC(C)(C)O)c1cccc(O)c1. The highest BCUT2D eigenvalue weighted by atomic mass is 16.3. The van der Waals surface area contributed by atoms with Crippen molar-refractivity contribution in [3.05, 3.63) is 24.3 Å². The largest absolute Gasteiger partial charge is 0.508 e. The summed E-state index contributed by atoms with van der Waals surface area (Å²) in [6.45, 7) is 4.61. The van der Waals surface area contributed by atoms with Crippen LogP contribution in [-0.2, 0) is 0 Å². The van der Waals surface area contributed by atoms with Crippen LogP contribution in [0.25, 0.3) is 0 Å². The van der Waals surface area contributed by atoms with Crippen molar-refractivity contribution in [2.75, 3.05) is 18.5 Å². The summed E-state index contributed by atoms with van der Waals surface area (Å²) in [5, 5.41) is 19.0. The lowest BCUT2D eigenvalue weighted by atomic mass is 10.0. The predicted molar refractivity (Wildman–Crippen MR) is 71.5 cm³/mol. The third-order valence-electron chi connectivity index (χ3n) is 2.80. The molecule has 1 aromatic rings. The van der Waals surface area contributed by atoms with Gasteiger partial charge in [-0.25, -0.2) is 0 Å². The zero-order chi connectivity index (χ0) is 12.9. The lowest BCUT2D eigenvalue weighted by Gasteiger charge is -2.21. The lowest BCUT2D eigenvalue weighted by Crippen LogP contribution is -2.21. The van der Waals surface area contributed by atoms with Crippen molar-refractivity contribution >= 4 is 5.69 Å². The number of benzene rings is 1. The molecule has 2 N–H and O–H groups in total. The Bertz CT molecular complexity index is 344. The first-order valence-corrected chi connectivity index (χ1v) is 6.11. The Labute approximate surface area is 104 Å². The molecule has 0 fully saturated rings. The number of nitrogens with zero attached hydrogens (tertiary/aromatic N) is 1. The third-order valence-corrected chi connectivity index (χ3v) is 2.80. The van der Waals surface area contributed by atoms with Crippen LogP contribution in [0.4, 0.5) is 5.69 Å². The monoisotopic (exact) mass is 237 g/mol. The first kappa shape index (κ1) is 13.8. The van der Waals surface area contributed by atoms with Gasteiger partial charge in [0.15, 0.2) is 0 Å². The van der Waals surface area contributed by atoms with Crippen LogP contribution < -0.4 is 4.90 Å². The Balaban J connectivity index is 2.33. The van der Waals surface area contributed by atoms with Crippen LogP contribution in [0.5, 0.6) is 5.75 Å². The van der Waals surface area contributed by atoms with Gasteiger partial charge in [-0.05, 0) is 45.2 Å². The Morgan fingerprint density at radius 2 is 1.94 bits per heavy atom. The van der Waals surface area contributed by atoms with Gasteiger partial charge in [0, 0.05) is 25.3 Å². The fraction of sp³-hybridized carbons (Fsp3) is 0.571. The first-order valence-electron chi connectivity index (χ1n) is 6.11. The van der Waals surface area contributed by atoms with Crippen LogP contribution >= 0.6 is 0 Å². The minimum absolute atomic E-state index is 0.297. The molecule has 0 saturated carbocycles. The zero-order valence-corrected chi connectivity index (χ0v) is 11.0. The van der Waals surface area contributed by atoms with Gasteiger partial charge in [-0.2, -0.15) is 0 Å². The topological polar surface area (TPSA) is 43.7 Å². The molecule has 3 nitrogen and oxygen atoms in total. The maximum atomic E-state index is 9.59. The second-order valence-electron chi connectivity index (χ2n) is 5.21. The normalized spacial score (nSPS) is 11.5. The molecule has 0 unspecified atom stereocenters. The molecule has 96 valence electrons. The van der Waals surface area contributed by atoms with E-state index in [1.54, 1.807) is 12.1 Å². The number of rotatable bonds is 6. The molecular weight excluding hydrogens is 214 g/mol. The second-order valence-corrected chi connectivity index (χ2v) is 5.21. The van der Waals surface area contributed by atoms with E-state index in [0.717, 1.165) is 31.5 Å². The van der Waals surface area contributed by atoms with Crippen molar-refractivity contribution in [3.8, 4) is 5.75 Å². The molecule has 0 aliphatic heterocycles. The Morgan fingerprint density at radius 3 is 2.53 bits per heavy atom. The van der Waals surface area contributed by atoms with Crippen molar-refractivity contribution in [2.45, 2.75) is 38.7 Å². The fourth-order valence-corrected chi connectivity index (χ4v) is 1.77. The van der Waals surface area contributed by atoms with Gasteiger partial charge in [0.05, 0.1) is 5.60 Å². The van der Waals surface area contributed by atoms with Crippen molar-refractivity contribution in [1.29, 1.82) is 0 Å². The summed E-state index contributed by atoms with van der Waals surface area (Å²) < 4.78 is 0. The average Bonchev–Trinajstić information content (AvgIpc) is 2.23. The molecule has 0 bridgehead atoms. The van der Waals surface area contributed by atoms with E-state index in [2.05, 4.69) is 4.90 Å². The van der Waals surface area contributed by atoms with E-state index in [1.807, 2.05) is 33.0 Å². The van der Waals surface area contributed by atoms with Crippen molar-refractivity contribution in [2.24, 2.45) is 0 Å². The fourth-order valence-electron chi connectivity index (χ4n) is 1.77. The molecule has 0 radical (unpaired) electrons. The number of hydrogen-bond donors (Lipinski definition) is 2. The van der Waals surface area contributed by atoms with E-state index in [4.69, 9.17) is 0 Å². The summed E-state index contributed by atoms with van der Waals surface area (Å²) in [6.07, 6.45) is 2.86. The van der Waals surface area contributed by atoms with Crippen LogP contribution in [0.3, 0.4) is 0 Å². The van der Waals surface area contributed by atoms with E-state index in [1.165, 1.54) is 0 Å². The molecule has 17 heavy (non-hydrogen) atoms. The van der Waals surface area contributed by atoms with Gasteiger partial charge in [0.25, 0.3) is 0 Å². The molecule has 1 rings (SSSR count). The minimum Gasteiger partial charge on any atom is -0.508 e. The minimum atomic E-state index is -0.566. The number of aliphatic hydroxyl groups is 1. The number of phenolic OH excluding ortho intramolecular Hbond substituents is 1. The van der Waals surface area contributed by atoms with Crippen LogP contribution in [0.2, 0.25) is 0 Å². The molecule has 0 saturated heterocycles. The summed E-state index contributed by atoms with van der Waals surface area (Å²) >= 11 is 0. The number of phenols is 1. The molecule has 0 aromatic heterocycles. The summed E-state index contributed by atoms with van der Waals surface area (Å²) in [7, 11) is 2.01. The molecule has 3 heteroatoms. The number of aromatic hydroxyl groups is 1. The predicted octanol–water partition coefficient (Wildman–Crippen LogP) is 2.77. The van der Waals surface area contributed by atoms with Gasteiger partial charge in [-0.15, -0.1) is 0 Å². The molecule has 0 aliphatic rings. The second kappa shape index (κ2) is 5.92. The van der Waals surface area contributed by atoms with E-state index in [0.29, 0.717) is 5.75 Å². The van der Waals surface area contributed by atoms with E-state index in [-0.39, 0.29) is 0 Å². The number of unbranched alkanes of at least 4 members (excludes halogenated alkanes) is 1. The molecule has 0 amide bonds. The highest BCUT2D eigenvalue weighted by Gasteiger charge is 2.11. The van der Waals surface area contributed by atoms with Gasteiger partial charge < -0.3 is 15.1 Å². The van der Waals surface area contributed by atoms with Gasteiger partial charge >= 0.3 is 0 Å². The summed E-state index contributed by atoms with van der Waals surface area (Å²) in [6, 6.07) is 7.26. The standard InChI is InChI=1S/C14H23NO2/c1-14(2,17)9-4-5-10-15(3)12-7-6-8-13(16)11-12/h6-8,11,16-17H,4-5,9-10H2,1-3H3. The lowest BCUT2D eigenvalue weighted by molar-refractivity contribution is 0.0684. The highest BCUT2D eigenvalue weighted by molar-refractivity contribution is 5.49. The Morgan fingerprint density at radius 1 is 1.24 bits per heavy atom. The van der Waals surface area contributed by atoms with E-state index in [9.17, 15) is 10.2 Å². The van der Waals surface area contributed by atoms with Gasteiger partial charge in [0.1, 0.15) is 5.75 Å². The summed E-state index contributed by atoms with van der Waals surface area (Å²) in [5.74, 6) is 0.297. The Hall–Kier alpha value is -1.22. The van der Waals surface area contributed by atoms with Crippen LogP contribution in [-0.4, -0.2) is 29.4 Å². The molecule has 0 heterocycles. The zero-order valence-electron chi connectivity index (χ0n) is 11.0. The van der Waals surface area contributed by atoms with Crippen molar-refractivity contribution in [3.63, 3.8) is 0 Å². The molecular formula is C14H23NO2. The summed E-state index contributed by atoms with van der Waals surface area (Å²) in [4.78, 5) is 2.12. The van der Waals surface area contributed by atoms with Gasteiger partial charge in [-0.1, -0.05) is 6.07 Å². The van der Waals surface area contributed by atoms with E-state index >= 15 is 0 Å². The maximum Gasteiger partial charge on any atom is 0.117 e. The van der Waals surface area contributed by atoms with Gasteiger partial charge in [0.2, 0.25) is 0 Å². The van der Waals surface area contributed by atoms with Crippen molar-refractivity contribution in [1.82, 2.24) is 0 Å². The van der Waals surface area contributed by atoms with Crippen LogP contribution in [0.15, 0.2) is 24.3 Å². The summed E-state index contributed by atoms with van der Waals surface area (Å²) in [5.41, 5.74) is 0.456. The van der Waals surface area contributed by atoms with Gasteiger partial charge in [-0.3, -0.25) is 0 Å². The Kier molecular flexibility index (Phi) is 4.82. The number of anilines is 1. The molecule has 0 aliphatic carbocycles. The first-order chi connectivity index (χ1) is 7.88. The smallest absolute Gasteiger partial charge is 0.117 e. The van der Waals surface area contributed by atoms with E-state index < -0.39 is 5.60 Å². The molecule has 1 aromatic carbocycles. The maximum absolute atomic E-state index is 9.59. The third kappa shape index (κ3) is 5.59. The number of hydrogen-bond acceptors (Lipinski definition) is 3. The molecule has 0 spiro atoms. The molecule has 0 atom stereocenters. The van der Waals surface area contributed by atoms with Crippen LogP contribution in [0.1, 0.15) is 33.1 Å². The average molecular weight is 237 g/mol.